The van der Waals surface area contributed by atoms with Gasteiger partial charge in [0.25, 0.3) is 0 Å². The molecule has 0 fully saturated rings. The standard InChI is InChI=1S/3C6H6.3CHNO.H3O3PS/c3*1-2-4-6-5-3-1;3*2-1-3;1-4(2,3)5/h3*1-6H;3*2H;(H3,1,2,3,5). The van der Waals surface area contributed by atoms with Gasteiger partial charge in [0.2, 0.25) is 18.2 Å². The van der Waals surface area contributed by atoms with Crippen LogP contribution in [0.2, 0.25) is 0 Å². The average Bonchev–Trinajstić information content (AvgIpc) is 2.79. The van der Waals surface area contributed by atoms with Crippen molar-refractivity contribution >= 4 is 36.8 Å². The number of hydrogen-bond donors (Lipinski definition) is 6. The predicted octanol–water partition coefficient (Wildman–Crippen LogP) is 3.95. The van der Waals surface area contributed by atoms with Crippen LogP contribution in [-0.2, 0) is 26.2 Å². The molecule has 0 aromatic heterocycles. The molecule has 3 aromatic carbocycles. The van der Waals surface area contributed by atoms with E-state index in [0.29, 0.717) is 0 Å². The highest BCUT2D eigenvalue weighted by Crippen LogP contribution is 2.26. The molecule has 11 heteroatoms. The summed E-state index contributed by atoms with van der Waals surface area (Å²) < 4.78 is 0. The Morgan fingerprint density at radius 2 is 0.469 bits per heavy atom. The molecule has 32 heavy (non-hydrogen) atoms. The fourth-order valence-corrected chi connectivity index (χ4v) is 1.15. The molecule has 170 valence electrons. The SMILES string of the molecule is N=C=O.N=C=O.N=C=O.OP(O)(O)=S.c1ccccc1.c1ccccc1.c1ccccc1. The molecule has 0 spiro atoms. The lowest BCUT2D eigenvalue weighted by atomic mass is 10.4. The lowest BCUT2D eigenvalue weighted by molar-refractivity contribution is 0.363. The van der Waals surface area contributed by atoms with Crippen LogP contribution in [0, 0.1) is 16.2 Å². The minimum atomic E-state index is -3.81. The Morgan fingerprint density at radius 3 is 0.500 bits per heavy atom. The van der Waals surface area contributed by atoms with Gasteiger partial charge >= 0.3 is 6.72 Å². The summed E-state index contributed by atoms with van der Waals surface area (Å²) in [5.41, 5.74) is 0. The third kappa shape index (κ3) is 82.3. The molecule has 0 aliphatic heterocycles. The van der Waals surface area contributed by atoms with Crippen molar-refractivity contribution in [1.82, 2.24) is 0 Å². The molecule has 9 nitrogen and oxygen atoms in total. The third-order valence-corrected chi connectivity index (χ3v) is 2.00. The largest absolute Gasteiger partial charge is 0.325 e. The highest BCUT2D eigenvalue weighted by atomic mass is 32.5. The summed E-state index contributed by atoms with van der Waals surface area (Å²) >= 11 is 3.60. The molecule has 0 amide bonds. The average molecular weight is 477 g/mol. The number of rotatable bonds is 0. The minimum absolute atomic E-state index is 0.750. The van der Waals surface area contributed by atoms with Crippen molar-refractivity contribution in [2.75, 3.05) is 0 Å². The first-order chi connectivity index (χ1) is 15.2. The number of nitrogens with one attached hydrogen (secondary N) is 3. The van der Waals surface area contributed by atoms with Gasteiger partial charge in [0.15, 0.2) is 0 Å². The molecule has 0 saturated carbocycles. The first kappa shape index (κ1) is 35.7. The van der Waals surface area contributed by atoms with Crippen molar-refractivity contribution in [2.24, 2.45) is 0 Å². The molecule has 0 saturated heterocycles. The van der Waals surface area contributed by atoms with Gasteiger partial charge in [0.1, 0.15) is 0 Å². The Kier molecular flexibility index (Phi) is 38.9. The van der Waals surface area contributed by atoms with E-state index in [4.69, 9.17) is 45.3 Å². The van der Waals surface area contributed by atoms with E-state index in [9.17, 15) is 0 Å². The second-order valence-electron chi connectivity index (χ2n) is 4.28. The topological polar surface area (TPSA) is 183 Å². The zero-order valence-corrected chi connectivity index (χ0v) is 18.5. The molecule has 6 N–H and O–H groups in total. The summed E-state index contributed by atoms with van der Waals surface area (Å²) in [5.74, 6) is 0. The second kappa shape index (κ2) is 34.8. The number of benzene rings is 3. The molecule has 0 bridgehead atoms. The molecule has 0 aliphatic rings. The Morgan fingerprint density at radius 1 is 0.438 bits per heavy atom. The normalized spacial score (nSPS) is 7.09. The first-order valence-electron chi connectivity index (χ1n) is 8.14. The minimum Gasteiger partial charge on any atom is -0.325 e. The lowest BCUT2D eigenvalue weighted by Gasteiger charge is -1.88. The molecule has 3 aromatic rings. The van der Waals surface area contributed by atoms with Crippen molar-refractivity contribution in [3.8, 4) is 0 Å². The van der Waals surface area contributed by atoms with Crippen LogP contribution in [0.1, 0.15) is 0 Å². The van der Waals surface area contributed by atoms with E-state index >= 15 is 0 Å². The molecular weight excluding hydrogens is 453 g/mol. The van der Waals surface area contributed by atoms with E-state index in [-0.39, 0.29) is 0 Å². The molecule has 0 radical (unpaired) electrons. The molecule has 0 heterocycles. The van der Waals surface area contributed by atoms with Gasteiger partial charge in [-0.05, 0) is 11.8 Å². The van der Waals surface area contributed by atoms with Gasteiger partial charge in [0, 0.05) is 0 Å². The van der Waals surface area contributed by atoms with Gasteiger partial charge in [-0.1, -0.05) is 109 Å². The van der Waals surface area contributed by atoms with Crippen molar-refractivity contribution in [3.63, 3.8) is 0 Å². The van der Waals surface area contributed by atoms with Crippen LogP contribution in [0.25, 0.3) is 0 Å². The molecule has 0 atom stereocenters. The van der Waals surface area contributed by atoms with Crippen LogP contribution >= 0.6 is 6.72 Å². The van der Waals surface area contributed by atoms with Gasteiger partial charge in [-0.15, -0.1) is 0 Å². The highest BCUT2D eigenvalue weighted by molar-refractivity contribution is 8.06. The van der Waals surface area contributed by atoms with Crippen LogP contribution in [-0.4, -0.2) is 32.9 Å². The van der Waals surface area contributed by atoms with E-state index in [1.165, 1.54) is 0 Å². The van der Waals surface area contributed by atoms with Gasteiger partial charge < -0.3 is 14.7 Å². The first-order valence-corrected chi connectivity index (χ1v) is 10.8. The maximum atomic E-state index is 8.35. The summed E-state index contributed by atoms with van der Waals surface area (Å²) in [6.07, 6.45) is 2.25. The summed E-state index contributed by atoms with van der Waals surface area (Å²) in [4.78, 5) is 47.7. The highest BCUT2D eigenvalue weighted by Gasteiger charge is 1.92. The summed E-state index contributed by atoms with van der Waals surface area (Å²) in [5, 5.41) is 16.2. The van der Waals surface area contributed by atoms with E-state index in [2.05, 4.69) is 11.8 Å². The van der Waals surface area contributed by atoms with Gasteiger partial charge in [-0.25, -0.2) is 30.6 Å². The zero-order chi connectivity index (χ0) is 25.3. The third-order valence-electron chi connectivity index (χ3n) is 2.00. The van der Waals surface area contributed by atoms with Crippen LogP contribution < -0.4 is 0 Å². The van der Waals surface area contributed by atoms with Crippen LogP contribution in [0.4, 0.5) is 0 Å². The summed E-state index contributed by atoms with van der Waals surface area (Å²) in [6, 6.07) is 36.0. The fourth-order valence-electron chi connectivity index (χ4n) is 1.15. The van der Waals surface area contributed by atoms with E-state index < -0.39 is 6.72 Å². The monoisotopic (exact) mass is 477 g/mol. The maximum absolute atomic E-state index is 8.35. The Hall–Kier alpha value is -3.67. The van der Waals surface area contributed by atoms with Crippen LogP contribution in [0.3, 0.4) is 0 Å². The zero-order valence-electron chi connectivity index (χ0n) is 16.8. The number of hydrogen-bond acceptors (Lipinski definition) is 7. The lowest BCUT2D eigenvalue weighted by Crippen LogP contribution is -1.65. The Bertz CT molecular complexity index is 672. The Labute approximate surface area is 191 Å². The van der Waals surface area contributed by atoms with Gasteiger partial charge in [0.05, 0.1) is 0 Å². The van der Waals surface area contributed by atoms with Crippen molar-refractivity contribution in [3.05, 3.63) is 109 Å². The van der Waals surface area contributed by atoms with E-state index in [1.807, 2.05) is 109 Å². The predicted molar refractivity (Wildman–Crippen MR) is 126 cm³/mol. The summed E-state index contributed by atoms with van der Waals surface area (Å²) in [7, 11) is 0. The summed E-state index contributed by atoms with van der Waals surface area (Å²) in [6.45, 7) is -3.81. The number of isocyanates is 3. The second-order valence-corrected chi connectivity index (χ2v) is 6.78. The number of carbonyl (C=O) groups excluding carboxylic acids is 3. The van der Waals surface area contributed by atoms with E-state index in [0.717, 1.165) is 18.2 Å². The molecular formula is C21H24N3O6PS. The fraction of sp³-hybridized carbons (Fsp3) is 0. The maximum Gasteiger partial charge on any atom is 0.319 e. The van der Waals surface area contributed by atoms with E-state index in [1.54, 1.807) is 0 Å². The Balaban J connectivity index is -0.000000147. The van der Waals surface area contributed by atoms with Crippen molar-refractivity contribution < 1.29 is 29.1 Å². The van der Waals surface area contributed by atoms with Crippen molar-refractivity contribution in [2.45, 2.75) is 0 Å². The van der Waals surface area contributed by atoms with Crippen molar-refractivity contribution in [1.29, 1.82) is 16.2 Å². The molecule has 0 aliphatic carbocycles. The van der Waals surface area contributed by atoms with Crippen LogP contribution in [0.5, 0.6) is 0 Å². The van der Waals surface area contributed by atoms with Gasteiger partial charge in [-0.2, -0.15) is 0 Å². The molecule has 3 rings (SSSR count). The quantitative estimate of drug-likeness (QED) is 0.161. The van der Waals surface area contributed by atoms with Crippen LogP contribution in [0.15, 0.2) is 109 Å². The smallest absolute Gasteiger partial charge is 0.319 e. The molecule has 0 unspecified atom stereocenters. The van der Waals surface area contributed by atoms with Gasteiger partial charge in [-0.3, -0.25) is 0 Å².